The van der Waals surface area contributed by atoms with Gasteiger partial charge in [0.15, 0.2) is 0 Å². The maximum absolute atomic E-state index is 11.8. The minimum absolute atomic E-state index is 0.0487. The molecule has 0 fully saturated rings. The Kier molecular flexibility index (Phi) is 3.43. The smallest absolute Gasteiger partial charge is 0.337 e. The van der Waals surface area contributed by atoms with E-state index < -0.39 is 11.9 Å². The Labute approximate surface area is 112 Å². The number of carbonyl (C=O) groups is 2. The van der Waals surface area contributed by atoms with E-state index in [0.29, 0.717) is 0 Å². The molecule has 1 amide bonds. The number of benzene rings is 1. The highest BCUT2D eigenvalue weighted by Gasteiger charge is 2.17. The van der Waals surface area contributed by atoms with E-state index in [0.717, 1.165) is 6.07 Å². The third kappa shape index (κ3) is 2.69. The number of amides is 1. The van der Waals surface area contributed by atoms with Gasteiger partial charge in [0.05, 0.1) is 23.1 Å². The number of halogens is 1. The van der Waals surface area contributed by atoms with Gasteiger partial charge in [-0.25, -0.2) is 4.79 Å². The van der Waals surface area contributed by atoms with Crippen LogP contribution in [0.5, 0.6) is 5.75 Å². The number of carboxylic acid groups (broad SMARTS) is 1. The molecule has 0 spiro atoms. The van der Waals surface area contributed by atoms with Crippen LogP contribution in [0.3, 0.4) is 0 Å². The fraction of sp³-hybridized carbons (Fsp3) is 0. The normalized spacial score (nSPS) is 10.2. The molecule has 0 aliphatic heterocycles. The summed E-state index contributed by atoms with van der Waals surface area (Å²) < 4.78 is 4.77. The monoisotopic (exact) mass is 281 g/mol. The second-order valence-corrected chi connectivity index (χ2v) is 3.94. The van der Waals surface area contributed by atoms with Gasteiger partial charge in [-0.05, 0) is 35.9 Å². The van der Waals surface area contributed by atoms with Crippen molar-refractivity contribution in [2.45, 2.75) is 0 Å². The molecule has 19 heavy (non-hydrogen) atoms. The summed E-state index contributed by atoms with van der Waals surface area (Å²) >= 11 is 5.64. The predicted molar refractivity (Wildman–Crippen MR) is 66.7 cm³/mol. The highest BCUT2D eigenvalue weighted by Crippen LogP contribution is 2.23. The number of furan rings is 1. The molecule has 2 aromatic rings. The van der Waals surface area contributed by atoms with Crippen molar-refractivity contribution in [3.05, 3.63) is 46.9 Å². The number of aromatic hydroxyl groups is 1. The van der Waals surface area contributed by atoms with Gasteiger partial charge < -0.3 is 19.9 Å². The molecule has 6 nitrogen and oxygen atoms in total. The molecular formula is C12H8ClNO5. The molecule has 0 saturated carbocycles. The Hall–Kier alpha value is -2.47. The van der Waals surface area contributed by atoms with Gasteiger partial charge in [0, 0.05) is 0 Å². The van der Waals surface area contributed by atoms with Crippen LogP contribution >= 0.6 is 11.6 Å². The third-order valence-electron chi connectivity index (χ3n) is 2.34. The Morgan fingerprint density at radius 2 is 1.95 bits per heavy atom. The lowest BCUT2D eigenvalue weighted by molar-refractivity contribution is 0.0697. The zero-order valence-electron chi connectivity index (χ0n) is 9.38. The fourth-order valence-electron chi connectivity index (χ4n) is 1.46. The summed E-state index contributed by atoms with van der Waals surface area (Å²) in [5.41, 5.74) is -0.0911. The fourth-order valence-corrected chi connectivity index (χ4v) is 1.66. The van der Waals surface area contributed by atoms with Crippen molar-refractivity contribution in [3.8, 4) is 5.75 Å². The first-order chi connectivity index (χ1) is 8.99. The molecule has 7 heteroatoms. The van der Waals surface area contributed by atoms with Crippen molar-refractivity contribution < 1.29 is 24.2 Å². The van der Waals surface area contributed by atoms with Gasteiger partial charge in [-0.1, -0.05) is 0 Å². The summed E-state index contributed by atoms with van der Waals surface area (Å²) in [6.07, 6.45) is 1.24. The molecule has 0 aliphatic carbocycles. The lowest BCUT2D eigenvalue weighted by Crippen LogP contribution is -2.14. The second-order valence-electron chi connectivity index (χ2n) is 3.60. The number of carbonyl (C=O) groups excluding carboxylic acids is 1. The van der Waals surface area contributed by atoms with Crippen molar-refractivity contribution >= 4 is 29.2 Å². The number of hydrogen-bond donors (Lipinski definition) is 3. The van der Waals surface area contributed by atoms with E-state index in [9.17, 15) is 14.7 Å². The Morgan fingerprint density at radius 1 is 1.21 bits per heavy atom. The lowest BCUT2D eigenvalue weighted by Gasteiger charge is -2.08. The molecular weight excluding hydrogens is 274 g/mol. The highest BCUT2D eigenvalue weighted by atomic mass is 35.5. The van der Waals surface area contributed by atoms with Gasteiger partial charge in [0.1, 0.15) is 5.75 Å². The second kappa shape index (κ2) is 5.03. The van der Waals surface area contributed by atoms with Crippen LogP contribution < -0.4 is 5.32 Å². The van der Waals surface area contributed by atoms with Crippen molar-refractivity contribution in [2.24, 2.45) is 0 Å². The number of aromatic carboxylic acids is 1. The molecule has 1 heterocycles. The highest BCUT2D eigenvalue weighted by molar-refractivity contribution is 6.32. The minimum Gasteiger partial charge on any atom is -0.508 e. The molecule has 0 radical (unpaired) electrons. The Bertz CT molecular complexity index is 649. The summed E-state index contributed by atoms with van der Waals surface area (Å²) in [5.74, 6) is -2.09. The molecule has 1 aromatic carbocycles. The number of rotatable bonds is 3. The first-order valence-electron chi connectivity index (χ1n) is 5.09. The average molecular weight is 282 g/mol. The van der Waals surface area contributed by atoms with Gasteiger partial charge in [0.2, 0.25) is 5.22 Å². The molecule has 0 unspecified atom stereocenters. The van der Waals surface area contributed by atoms with E-state index >= 15 is 0 Å². The largest absolute Gasteiger partial charge is 0.508 e. The number of nitrogens with one attached hydrogen (secondary N) is 1. The molecule has 0 bridgehead atoms. The van der Waals surface area contributed by atoms with Crippen molar-refractivity contribution in [3.63, 3.8) is 0 Å². The molecule has 2 rings (SSSR count). The number of anilines is 1. The van der Waals surface area contributed by atoms with Crippen LogP contribution in [0.1, 0.15) is 20.7 Å². The maximum atomic E-state index is 11.8. The summed E-state index contributed by atoms with van der Waals surface area (Å²) in [6, 6.07) is 4.94. The van der Waals surface area contributed by atoms with E-state index in [1.54, 1.807) is 0 Å². The third-order valence-corrected chi connectivity index (χ3v) is 2.64. The van der Waals surface area contributed by atoms with E-state index in [1.807, 2.05) is 0 Å². The van der Waals surface area contributed by atoms with Gasteiger partial charge >= 0.3 is 5.97 Å². The van der Waals surface area contributed by atoms with E-state index in [1.165, 1.54) is 24.5 Å². The molecule has 1 aromatic heterocycles. The van der Waals surface area contributed by atoms with Gasteiger partial charge in [-0.15, -0.1) is 0 Å². The van der Waals surface area contributed by atoms with Crippen LogP contribution in [0.25, 0.3) is 0 Å². The number of hydrogen-bond acceptors (Lipinski definition) is 4. The maximum Gasteiger partial charge on any atom is 0.337 e. The molecule has 0 saturated heterocycles. The summed E-state index contributed by atoms with van der Waals surface area (Å²) in [4.78, 5) is 22.8. The number of carboxylic acids is 1. The lowest BCUT2D eigenvalue weighted by atomic mass is 10.1. The van der Waals surface area contributed by atoms with Crippen molar-refractivity contribution in [2.75, 3.05) is 5.32 Å². The standard InChI is InChI=1S/C12H8ClNO5/c13-10-7(3-4-19-10)11(16)14-9-2-1-6(15)5-8(9)12(17)18/h1-5,15H,(H,14,16)(H,17,18). The van der Waals surface area contributed by atoms with Crippen LogP contribution in [0.15, 0.2) is 34.9 Å². The van der Waals surface area contributed by atoms with E-state index in [2.05, 4.69) is 5.32 Å². The molecule has 0 atom stereocenters. The van der Waals surface area contributed by atoms with E-state index in [-0.39, 0.29) is 27.8 Å². The number of phenolic OH excluding ortho intramolecular Hbond substituents is 1. The van der Waals surface area contributed by atoms with E-state index in [4.69, 9.17) is 21.1 Å². The van der Waals surface area contributed by atoms with Crippen LogP contribution in [0.4, 0.5) is 5.69 Å². The molecule has 98 valence electrons. The summed E-state index contributed by atoms with van der Waals surface area (Å²) in [7, 11) is 0. The Morgan fingerprint density at radius 3 is 2.53 bits per heavy atom. The average Bonchev–Trinajstić information content (AvgIpc) is 2.77. The van der Waals surface area contributed by atoms with Crippen molar-refractivity contribution in [1.82, 2.24) is 0 Å². The van der Waals surface area contributed by atoms with Crippen LogP contribution in [0.2, 0.25) is 5.22 Å². The first kappa shape index (κ1) is 13.0. The van der Waals surface area contributed by atoms with Crippen LogP contribution in [-0.2, 0) is 0 Å². The Balaban J connectivity index is 2.32. The predicted octanol–water partition coefficient (Wildman–Crippen LogP) is 2.59. The van der Waals surface area contributed by atoms with Gasteiger partial charge in [0.25, 0.3) is 5.91 Å². The SMILES string of the molecule is O=C(O)c1cc(O)ccc1NC(=O)c1ccoc1Cl. The molecule has 3 N–H and O–H groups in total. The summed E-state index contributed by atoms with van der Waals surface area (Å²) in [6.45, 7) is 0. The molecule has 0 aliphatic rings. The van der Waals surface area contributed by atoms with Gasteiger partial charge in [-0.3, -0.25) is 4.79 Å². The number of phenols is 1. The topological polar surface area (TPSA) is 99.8 Å². The van der Waals surface area contributed by atoms with Crippen LogP contribution in [0, 0.1) is 0 Å². The summed E-state index contributed by atoms with van der Waals surface area (Å²) in [5, 5.41) is 20.5. The zero-order chi connectivity index (χ0) is 14.0. The van der Waals surface area contributed by atoms with Crippen LogP contribution in [-0.4, -0.2) is 22.1 Å². The quantitative estimate of drug-likeness (QED) is 0.751. The van der Waals surface area contributed by atoms with Crippen molar-refractivity contribution in [1.29, 1.82) is 0 Å². The first-order valence-corrected chi connectivity index (χ1v) is 5.47. The zero-order valence-corrected chi connectivity index (χ0v) is 10.1. The minimum atomic E-state index is -1.27. The van der Waals surface area contributed by atoms with Gasteiger partial charge in [-0.2, -0.15) is 0 Å².